The van der Waals surface area contributed by atoms with Gasteiger partial charge >= 0.3 is 0 Å². The SMILES string of the molecule is Nc1cccc(C(=O)N2CCCC(N3CCCC3)CC2)c1. The number of rotatable bonds is 2. The lowest BCUT2D eigenvalue weighted by molar-refractivity contribution is 0.0758. The maximum Gasteiger partial charge on any atom is 0.253 e. The molecule has 21 heavy (non-hydrogen) atoms. The van der Waals surface area contributed by atoms with Gasteiger partial charge in [-0.15, -0.1) is 0 Å². The van der Waals surface area contributed by atoms with Crippen molar-refractivity contribution in [2.75, 3.05) is 31.9 Å². The second-order valence-electron chi connectivity index (χ2n) is 6.25. The van der Waals surface area contributed by atoms with Crippen LogP contribution in [0.25, 0.3) is 0 Å². The standard InChI is InChI=1S/C17H25N3O/c18-15-6-3-5-14(13-15)17(21)20-11-4-7-16(8-12-20)19-9-1-2-10-19/h3,5-6,13,16H,1-2,4,7-12,18H2. The first-order valence-corrected chi connectivity index (χ1v) is 8.13. The summed E-state index contributed by atoms with van der Waals surface area (Å²) in [5.41, 5.74) is 7.16. The van der Waals surface area contributed by atoms with Crippen molar-refractivity contribution in [3.05, 3.63) is 29.8 Å². The van der Waals surface area contributed by atoms with Crippen molar-refractivity contribution in [3.8, 4) is 0 Å². The zero-order chi connectivity index (χ0) is 14.7. The molecule has 0 aliphatic carbocycles. The molecule has 2 fully saturated rings. The first kappa shape index (κ1) is 14.4. The number of carbonyl (C=O) groups excluding carboxylic acids is 1. The Kier molecular flexibility index (Phi) is 4.44. The minimum Gasteiger partial charge on any atom is -0.399 e. The normalized spacial score (nSPS) is 24.0. The molecule has 4 heteroatoms. The van der Waals surface area contributed by atoms with E-state index in [2.05, 4.69) is 4.90 Å². The number of anilines is 1. The molecule has 1 atom stereocenters. The molecule has 1 amide bonds. The van der Waals surface area contributed by atoms with E-state index in [1.54, 1.807) is 6.07 Å². The third-order valence-electron chi connectivity index (χ3n) is 4.78. The second-order valence-corrected chi connectivity index (χ2v) is 6.25. The summed E-state index contributed by atoms with van der Waals surface area (Å²) in [7, 11) is 0. The summed E-state index contributed by atoms with van der Waals surface area (Å²) in [6.45, 7) is 4.23. The number of amides is 1. The summed E-state index contributed by atoms with van der Waals surface area (Å²) in [4.78, 5) is 17.2. The summed E-state index contributed by atoms with van der Waals surface area (Å²) < 4.78 is 0. The van der Waals surface area contributed by atoms with Gasteiger partial charge < -0.3 is 15.5 Å². The van der Waals surface area contributed by atoms with Crippen LogP contribution in [0.15, 0.2) is 24.3 Å². The molecule has 0 bridgehead atoms. The Morgan fingerprint density at radius 1 is 1.05 bits per heavy atom. The number of nitrogens with two attached hydrogens (primary N) is 1. The third kappa shape index (κ3) is 3.38. The lowest BCUT2D eigenvalue weighted by Crippen LogP contribution is -2.35. The van der Waals surface area contributed by atoms with Gasteiger partial charge in [0.25, 0.3) is 5.91 Å². The lowest BCUT2D eigenvalue weighted by Gasteiger charge is -2.26. The van der Waals surface area contributed by atoms with Crippen molar-refractivity contribution in [2.24, 2.45) is 0 Å². The van der Waals surface area contributed by atoms with Crippen LogP contribution in [0.2, 0.25) is 0 Å². The smallest absolute Gasteiger partial charge is 0.253 e. The summed E-state index contributed by atoms with van der Waals surface area (Å²) in [6.07, 6.45) is 6.11. The molecule has 2 saturated heterocycles. The molecule has 0 spiro atoms. The first-order chi connectivity index (χ1) is 10.2. The number of nitrogen functional groups attached to an aromatic ring is 1. The summed E-state index contributed by atoms with van der Waals surface area (Å²) in [5.74, 6) is 0.129. The van der Waals surface area contributed by atoms with Crippen LogP contribution >= 0.6 is 0 Å². The Bertz CT molecular complexity index is 497. The van der Waals surface area contributed by atoms with Gasteiger partial charge in [0, 0.05) is 30.4 Å². The zero-order valence-corrected chi connectivity index (χ0v) is 12.6. The molecule has 0 saturated carbocycles. The van der Waals surface area contributed by atoms with Gasteiger partial charge in [0.2, 0.25) is 0 Å². The van der Waals surface area contributed by atoms with Gasteiger partial charge in [-0.2, -0.15) is 0 Å². The fourth-order valence-corrected chi connectivity index (χ4v) is 3.61. The van der Waals surface area contributed by atoms with E-state index in [9.17, 15) is 4.79 Å². The van der Waals surface area contributed by atoms with Gasteiger partial charge in [-0.1, -0.05) is 6.07 Å². The molecular formula is C17H25N3O. The largest absolute Gasteiger partial charge is 0.399 e. The molecule has 0 aromatic heterocycles. The van der Waals surface area contributed by atoms with E-state index in [0.29, 0.717) is 11.7 Å². The number of nitrogens with zero attached hydrogens (tertiary/aromatic N) is 2. The van der Waals surface area contributed by atoms with Crippen LogP contribution in [0, 0.1) is 0 Å². The average molecular weight is 287 g/mol. The Balaban J connectivity index is 1.63. The maximum atomic E-state index is 12.6. The minimum absolute atomic E-state index is 0.129. The Morgan fingerprint density at radius 2 is 1.86 bits per heavy atom. The van der Waals surface area contributed by atoms with Crippen LogP contribution in [0.5, 0.6) is 0 Å². The van der Waals surface area contributed by atoms with E-state index >= 15 is 0 Å². The van der Waals surface area contributed by atoms with E-state index in [4.69, 9.17) is 5.73 Å². The molecule has 1 aromatic rings. The highest BCUT2D eigenvalue weighted by molar-refractivity contribution is 5.95. The van der Waals surface area contributed by atoms with E-state index < -0.39 is 0 Å². The van der Waals surface area contributed by atoms with E-state index in [1.807, 2.05) is 23.1 Å². The van der Waals surface area contributed by atoms with Gasteiger partial charge in [-0.05, 0) is 63.4 Å². The molecule has 2 heterocycles. The fourth-order valence-electron chi connectivity index (χ4n) is 3.61. The predicted molar refractivity (Wildman–Crippen MR) is 85.2 cm³/mol. The molecule has 2 aliphatic heterocycles. The number of likely N-dealkylation sites (tertiary alicyclic amines) is 2. The average Bonchev–Trinajstić information content (AvgIpc) is 2.91. The van der Waals surface area contributed by atoms with Crippen molar-refractivity contribution < 1.29 is 4.79 Å². The Hall–Kier alpha value is -1.55. The van der Waals surface area contributed by atoms with Crippen molar-refractivity contribution in [3.63, 3.8) is 0 Å². The van der Waals surface area contributed by atoms with Crippen molar-refractivity contribution in [1.29, 1.82) is 0 Å². The summed E-state index contributed by atoms with van der Waals surface area (Å²) in [6, 6.07) is 7.99. The van der Waals surface area contributed by atoms with Crippen molar-refractivity contribution >= 4 is 11.6 Å². The van der Waals surface area contributed by atoms with Crippen molar-refractivity contribution in [2.45, 2.75) is 38.1 Å². The molecule has 1 aromatic carbocycles. The molecule has 1 unspecified atom stereocenters. The third-order valence-corrected chi connectivity index (χ3v) is 4.78. The minimum atomic E-state index is 0.129. The van der Waals surface area contributed by atoms with Gasteiger partial charge in [0.1, 0.15) is 0 Å². The van der Waals surface area contributed by atoms with Crippen LogP contribution in [-0.4, -0.2) is 47.9 Å². The van der Waals surface area contributed by atoms with Crippen molar-refractivity contribution in [1.82, 2.24) is 9.80 Å². The fraction of sp³-hybridized carbons (Fsp3) is 0.588. The topological polar surface area (TPSA) is 49.6 Å². The lowest BCUT2D eigenvalue weighted by atomic mass is 10.1. The molecule has 2 aliphatic rings. The molecular weight excluding hydrogens is 262 g/mol. The molecule has 4 nitrogen and oxygen atoms in total. The van der Waals surface area contributed by atoms with Crippen LogP contribution in [0.3, 0.4) is 0 Å². The number of hydrogen-bond acceptors (Lipinski definition) is 3. The second kappa shape index (κ2) is 6.48. The van der Waals surface area contributed by atoms with Crippen LogP contribution in [-0.2, 0) is 0 Å². The number of hydrogen-bond donors (Lipinski definition) is 1. The van der Waals surface area contributed by atoms with E-state index in [-0.39, 0.29) is 5.91 Å². The van der Waals surface area contributed by atoms with Gasteiger partial charge in [0.05, 0.1) is 0 Å². The zero-order valence-electron chi connectivity index (χ0n) is 12.6. The highest BCUT2D eigenvalue weighted by atomic mass is 16.2. The Labute approximate surface area is 126 Å². The predicted octanol–water partition coefficient (Wildman–Crippen LogP) is 2.36. The van der Waals surface area contributed by atoms with Gasteiger partial charge in [-0.3, -0.25) is 4.79 Å². The first-order valence-electron chi connectivity index (χ1n) is 8.13. The number of benzene rings is 1. The molecule has 2 N–H and O–H groups in total. The quantitative estimate of drug-likeness (QED) is 0.850. The Morgan fingerprint density at radius 3 is 2.62 bits per heavy atom. The van der Waals surface area contributed by atoms with Crippen LogP contribution in [0.1, 0.15) is 42.5 Å². The van der Waals surface area contributed by atoms with Gasteiger partial charge in [-0.25, -0.2) is 0 Å². The molecule has 3 rings (SSSR count). The maximum absolute atomic E-state index is 12.6. The van der Waals surface area contributed by atoms with Crippen LogP contribution < -0.4 is 5.73 Å². The van der Waals surface area contributed by atoms with E-state index in [0.717, 1.165) is 31.5 Å². The highest BCUT2D eigenvalue weighted by Crippen LogP contribution is 2.22. The van der Waals surface area contributed by atoms with Crippen LogP contribution in [0.4, 0.5) is 5.69 Å². The van der Waals surface area contributed by atoms with Gasteiger partial charge in [0.15, 0.2) is 0 Å². The molecule has 114 valence electrons. The number of carbonyl (C=O) groups is 1. The molecule has 0 radical (unpaired) electrons. The van der Waals surface area contributed by atoms with E-state index in [1.165, 1.54) is 32.4 Å². The highest BCUT2D eigenvalue weighted by Gasteiger charge is 2.26. The monoisotopic (exact) mass is 287 g/mol. The summed E-state index contributed by atoms with van der Waals surface area (Å²) in [5, 5.41) is 0. The summed E-state index contributed by atoms with van der Waals surface area (Å²) >= 11 is 0.